The van der Waals surface area contributed by atoms with Gasteiger partial charge >= 0.3 is 0 Å². The molecule has 4 heteroatoms. The third kappa shape index (κ3) is 3.49. The quantitative estimate of drug-likeness (QED) is 0.787. The number of hydrogen-bond donors (Lipinski definition) is 1. The van der Waals surface area contributed by atoms with Crippen molar-refractivity contribution in [1.29, 1.82) is 0 Å². The van der Waals surface area contributed by atoms with Gasteiger partial charge in [0.1, 0.15) is 0 Å². The summed E-state index contributed by atoms with van der Waals surface area (Å²) in [6.45, 7) is 5.02. The second-order valence-electron chi connectivity index (χ2n) is 5.85. The zero-order chi connectivity index (χ0) is 15.3. The Balaban J connectivity index is 2.41. The molecule has 0 spiro atoms. The minimum atomic E-state index is 0.00599. The molecule has 0 N–H and O–H groups in total. The zero-order valence-corrected chi connectivity index (χ0v) is 13.8. The number of thiol groups is 1. The Morgan fingerprint density at radius 3 is 2.48 bits per heavy atom. The van der Waals surface area contributed by atoms with Gasteiger partial charge in [0, 0.05) is 5.39 Å². The van der Waals surface area contributed by atoms with Gasteiger partial charge < -0.3 is 0 Å². The lowest BCUT2D eigenvalue weighted by Gasteiger charge is -2.32. The number of fused-ring (bicyclic) bond motifs is 1. The maximum absolute atomic E-state index is 12.6. The van der Waals surface area contributed by atoms with Gasteiger partial charge in [0.2, 0.25) is 0 Å². The molecular weight excluding hydrogens is 280 g/mol. The Bertz CT molecular complexity index is 645. The van der Waals surface area contributed by atoms with Gasteiger partial charge in [0.05, 0.1) is 18.1 Å². The number of hydrogen-bond acceptors (Lipinski definition) is 3. The van der Waals surface area contributed by atoms with Crippen molar-refractivity contribution in [1.82, 2.24) is 9.78 Å². The standard InChI is InChI=1S/C17H24N2OS/c1-3-9-17(13-21,10-4-2)12-19-16(20)15-8-6-5-7-14(15)11-18-19/h5-8,11,21H,3-4,9-10,12-13H2,1-2H3. The average Bonchev–Trinajstić information content (AvgIpc) is 2.51. The second kappa shape index (κ2) is 7.12. The van der Waals surface area contributed by atoms with E-state index < -0.39 is 0 Å². The first-order chi connectivity index (χ1) is 10.2. The Labute approximate surface area is 131 Å². The van der Waals surface area contributed by atoms with E-state index in [1.54, 1.807) is 10.9 Å². The minimum Gasteiger partial charge on any atom is -0.267 e. The maximum Gasteiger partial charge on any atom is 0.274 e. The number of nitrogens with zero attached hydrogens (tertiary/aromatic N) is 2. The summed E-state index contributed by atoms with van der Waals surface area (Å²) in [4.78, 5) is 12.6. The van der Waals surface area contributed by atoms with E-state index in [2.05, 4.69) is 31.6 Å². The SMILES string of the molecule is CCCC(CS)(CCC)Cn1ncc2ccccc2c1=O. The zero-order valence-electron chi connectivity index (χ0n) is 12.9. The topological polar surface area (TPSA) is 34.9 Å². The van der Waals surface area contributed by atoms with Crippen LogP contribution in [-0.4, -0.2) is 15.5 Å². The lowest BCUT2D eigenvalue weighted by atomic mass is 9.81. The van der Waals surface area contributed by atoms with Crippen molar-refractivity contribution < 1.29 is 0 Å². The monoisotopic (exact) mass is 304 g/mol. The lowest BCUT2D eigenvalue weighted by molar-refractivity contribution is 0.218. The highest BCUT2D eigenvalue weighted by Crippen LogP contribution is 2.32. The molecular formula is C17H24N2OS. The van der Waals surface area contributed by atoms with Crippen molar-refractivity contribution in [2.75, 3.05) is 5.75 Å². The first-order valence-electron chi connectivity index (χ1n) is 7.71. The van der Waals surface area contributed by atoms with E-state index in [4.69, 9.17) is 0 Å². The molecule has 0 saturated heterocycles. The van der Waals surface area contributed by atoms with Crippen LogP contribution in [0.15, 0.2) is 35.3 Å². The minimum absolute atomic E-state index is 0.00599. The summed E-state index contributed by atoms with van der Waals surface area (Å²) in [5.74, 6) is 0.787. The normalized spacial score (nSPS) is 12.0. The molecule has 3 nitrogen and oxygen atoms in total. The molecule has 0 unspecified atom stereocenters. The summed E-state index contributed by atoms with van der Waals surface area (Å²) in [6.07, 6.45) is 6.14. The van der Waals surface area contributed by atoms with Crippen LogP contribution in [0.2, 0.25) is 0 Å². The molecule has 1 heterocycles. The lowest BCUT2D eigenvalue weighted by Crippen LogP contribution is -2.35. The number of aromatic nitrogens is 2. The number of rotatable bonds is 7. The fourth-order valence-corrected chi connectivity index (χ4v) is 3.53. The predicted molar refractivity (Wildman–Crippen MR) is 92.1 cm³/mol. The smallest absolute Gasteiger partial charge is 0.267 e. The van der Waals surface area contributed by atoms with Crippen LogP contribution < -0.4 is 5.56 Å². The fourth-order valence-electron chi connectivity index (χ4n) is 3.11. The van der Waals surface area contributed by atoms with Crippen LogP contribution >= 0.6 is 12.6 Å². The van der Waals surface area contributed by atoms with Crippen LogP contribution in [-0.2, 0) is 6.54 Å². The van der Waals surface area contributed by atoms with Gasteiger partial charge in [0.25, 0.3) is 5.56 Å². The summed E-state index contributed by atoms with van der Waals surface area (Å²) < 4.78 is 1.63. The van der Waals surface area contributed by atoms with E-state index in [0.717, 1.165) is 42.2 Å². The highest BCUT2D eigenvalue weighted by Gasteiger charge is 2.28. The third-order valence-electron chi connectivity index (χ3n) is 4.14. The van der Waals surface area contributed by atoms with Crippen molar-refractivity contribution in [3.05, 3.63) is 40.8 Å². The van der Waals surface area contributed by atoms with Crippen LogP contribution in [0.1, 0.15) is 39.5 Å². The van der Waals surface area contributed by atoms with E-state index in [0.29, 0.717) is 6.54 Å². The molecule has 0 amide bonds. The van der Waals surface area contributed by atoms with Crippen LogP contribution in [0.4, 0.5) is 0 Å². The second-order valence-corrected chi connectivity index (χ2v) is 6.17. The summed E-state index contributed by atoms with van der Waals surface area (Å²) in [5, 5.41) is 6.02. The first kappa shape index (κ1) is 16.1. The van der Waals surface area contributed by atoms with E-state index in [1.165, 1.54) is 0 Å². The molecule has 0 saturated carbocycles. The third-order valence-corrected chi connectivity index (χ3v) is 4.81. The highest BCUT2D eigenvalue weighted by atomic mass is 32.1. The fraction of sp³-hybridized carbons (Fsp3) is 0.529. The molecule has 0 aliphatic carbocycles. The first-order valence-corrected chi connectivity index (χ1v) is 8.35. The molecule has 0 aliphatic heterocycles. The van der Waals surface area contributed by atoms with Crippen LogP contribution in [0.5, 0.6) is 0 Å². The van der Waals surface area contributed by atoms with Crippen LogP contribution in [0.25, 0.3) is 10.8 Å². The van der Waals surface area contributed by atoms with Crippen LogP contribution in [0, 0.1) is 5.41 Å². The Morgan fingerprint density at radius 1 is 1.19 bits per heavy atom. The van der Waals surface area contributed by atoms with E-state index in [1.807, 2.05) is 24.3 Å². The van der Waals surface area contributed by atoms with Crippen molar-refractivity contribution in [3.8, 4) is 0 Å². The van der Waals surface area contributed by atoms with Gasteiger partial charge in [-0.2, -0.15) is 17.7 Å². The molecule has 1 aromatic carbocycles. The van der Waals surface area contributed by atoms with Gasteiger partial charge in [-0.3, -0.25) is 4.79 Å². The summed E-state index contributed by atoms with van der Waals surface area (Å²) in [7, 11) is 0. The highest BCUT2D eigenvalue weighted by molar-refractivity contribution is 7.80. The van der Waals surface area contributed by atoms with E-state index in [9.17, 15) is 4.79 Å². The van der Waals surface area contributed by atoms with Gasteiger partial charge in [-0.15, -0.1) is 0 Å². The summed E-state index contributed by atoms with van der Waals surface area (Å²) >= 11 is 4.56. The molecule has 0 bridgehead atoms. The maximum atomic E-state index is 12.6. The molecule has 1 aromatic heterocycles. The largest absolute Gasteiger partial charge is 0.274 e. The molecule has 21 heavy (non-hydrogen) atoms. The van der Waals surface area contributed by atoms with Crippen molar-refractivity contribution >= 4 is 23.4 Å². The molecule has 2 aromatic rings. The molecule has 0 atom stereocenters. The summed E-state index contributed by atoms with van der Waals surface area (Å²) in [6, 6.07) is 7.63. The number of benzene rings is 1. The Morgan fingerprint density at radius 2 is 1.86 bits per heavy atom. The molecule has 0 radical (unpaired) electrons. The molecule has 0 fully saturated rings. The van der Waals surface area contributed by atoms with Crippen molar-refractivity contribution in [2.24, 2.45) is 5.41 Å². The van der Waals surface area contributed by atoms with Crippen LogP contribution in [0.3, 0.4) is 0 Å². The Kier molecular flexibility index (Phi) is 5.45. The van der Waals surface area contributed by atoms with E-state index >= 15 is 0 Å². The summed E-state index contributed by atoms with van der Waals surface area (Å²) in [5.41, 5.74) is 0.0674. The van der Waals surface area contributed by atoms with E-state index in [-0.39, 0.29) is 11.0 Å². The van der Waals surface area contributed by atoms with Gasteiger partial charge in [-0.05, 0) is 30.1 Å². The van der Waals surface area contributed by atoms with Crippen molar-refractivity contribution in [2.45, 2.75) is 46.1 Å². The van der Waals surface area contributed by atoms with Gasteiger partial charge in [-0.1, -0.05) is 44.9 Å². The Hall–Kier alpha value is -1.29. The van der Waals surface area contributed by atoms with Gasteiger partial charge in [0.15, 0.2) is 0 Å². The molecule has 114 valence electrons. The van der Waals surface area contributed by atoms with Crippen molar-refractivity contribution in [3.63, 3.8) is 0 Å². The van der Waals surface area contributed by atoms with Gasteiger partial charge in [-0.25, -0.2) is 4.68 Å². The predicted octanol–water partition coefficient (Wildman–Crippen LogP) is 3.91. The average molecular weight is 304 g/mol. The molecule has 0 aliphatic rings. The molecule has 2 rings (SSSR count).